The molecule has 114 valence electrons. The van der Waals surface area contributed by atoms with Crippen LogP contribution in [0.4, 0.5) is 5.95 Å². The van der Waals surface area contributed by atoms with E-state index < -0.39 is 0 Å². The maximum Gasteiger partial charge on any atom is 0.247 e. The molecule has 2 aromatic heterocycles. The summed E-state index contributed by atoms with van der Waals surface area (Å²) in [6.45, 7) is 0.980. The van der Waals surface area contributed by atoms with Crippen molar-refractivity contribution in [2.24, 2.45) is 7.05 Å². The van der Waals surface area contributed by atoms with Crippen molar-refractivity contribution in [3.05, 3.63) is 41.7 Å². The van der Waals surface area contributed by atoms with Crippen LogP contribution < -0.4 is 10.5 Å². The molecule has 0 radical (unpaired) electrons. The normalized spacial score (nSPS) is 11.0. The lowest BCUT2D eigenvalue weighted by molar-refractivity contribution is 0.185. The number of ether oxygens (including phenoxy) is 2. The highest BCUT2D eigenvalue weighted by molar-refractivity contribution is 5.77. The summed E-state index contributed by atoms with van der Waals surface area (Å²) < 4.78 is 12.6. The Labute approximate surface area is 127 Å². The van der Waals surface area contributed by atoms with Gasteiger partial charge in [0.2, 0.25) is 11.8 Å². The van der Waals surface area contributed by atoms with Crippen LogP contribution in [0.15, 0.2) is 30.6 Å². The van der Waals surface area contributed by atoms with E-state index in [0.29, 0.717) is 30.3 Å². The Hall–Kier alpha value is -2.67. The molecule has 0 fully saturated rings. The quantitative estimate of drug-likeness (QED) is 0.771. The molecule has 0 atom stereocenters. The number of benzene rings is 1. The summed E-state index contributed by atoms with van der Waals surface area (Å²) in [4.78, 5) is 12.5. The highest BCUT2D eigenvalue weighted by Crippen LogP contribution is 2.22. The number of rotatable bonds is 5. The van der Waals surface area contributed by atoms with Gasteiger partial charge in [-0.05, 0) is 11.1 Å². The van der Waals surface area contributed by atoms with Crippen LogP contribution in [0, 0.1) is 0 Å². The first-order valence-corrected chi connectivity index (χ1v) is 6.81. The molecule has 0 aliphatic carbocycles. The predicted octanol–water partition coefficient (Wildman–Crippen LogP) is 1.67. The number of nitrogen functional groups attached to an aromatic ring is 1. The first kappa shape index (κ1) is 14.3. The Kier molecular flexibility index (Phi) is 3.88. The minimum atomic E-state index is 0.168. The van der Waals surface area contributed by atoms with Gasteiger partial charge in [0.1, 0.15) is 6.61 Å². The van der Waals surface area contributed by atoms with Crippen LogP contribution in [0.1, 0.15) is 11.1 Å². The Morgan fingerprint density at radius 2 is 1.77 bits per heavy atom. The number of fused-ring (bicyclic) bond motifs is 1. The summed E-state index contributed by atoms with van der Waals surface area (Å²) in [6.07, 6.45) is 1.66. The Balaban J connectivity index is 1.78. The monoisotopic (exact) mass is 299 g/mol. The van der Waals surface area contributed by atoms with Crippen molar-refractivity contribution in [1.29, 1.82) is 0 Å². The van der Waals surface area contributed by atoms with Gasteiger partial charge in [-0.25, -0.2) is 4.98 Å². The number of imidazole rings is 1. The van der Waals surface area contributed by atoms with Crippen LogP contribution in [-0.4, -0.2) is 26.6 Å². The number of nitrogens with zero attached hydrogens (tertiary/aromatic N) is 4. The van der Waals surface area contributed by atoms with Gasteiger partial charge in [0.15, 0.2) is 11.2 Å². The van der Waals surface area contributed by atoms with Gasteiger partial charge in [-0.15, -0.1) is 0 Å². The molecule has 0 saturated heterocycles. The molecule has 22 heavy (non-hydrogen) atoms. The zero-order valence-corrected chi connectivity index (χ0v) is 12.5. The van der Waals surface area contributed by atoms with Crippen molar-refractivity contribution in [1.82, 2.24) is 19.5 Å². The fraction of sp³-hybridized carbons (Fsp3) is 0.267. The van der Waals surface area contributed by atoms with Crippen LogP contribution >= 0.6 is 0 Å². The van der Waals surface area contributed by atoms with E-state index in [4.69, 9.17) is 15.2 Å². The summed E-state index contributed by atoms with van der Waals surface area (Å²) >= 11 is 0. The van der Waals surface area contributed by atoms with Crippen molar-refractivity contribution in [3.63, 3.8) is 0 Å². The van der Waals surface area contributed by atoms with E-state index >= 15 is 0 Å². The number of anilines is 1. The maximum atomic E-state index is 5.76. The SMILES string of the molecule is COCc1ccc(COc2nc(N)nc3c2ncn3C)cc1. The lowest BCUT2D eigenvalue weighted by Gasteiger charge is -2.07. The van der Waals surface area contributed by atoms with Gasteiger partial charge >= 0.3 is 0 Å². The molecule has 0 aliphatic rings. The minimum Gasteiger partial charge on any atom is -0.471 e. The van der Waals surface area contributed by atoms with Gasteiger partial charge in [0, 0.05) is 14.2 Å². The largest absolute Gasteiger partial charge is 0.471 e. The lowest BCUT2D eigenvalue weighted by Crippen LogP contribution is -2.03. The average molecular weight is 299 g/mol. The molecule has 2 N–H and O–H groups in total. The molecule has 0 amide bonds. The number of aromatic nitrogens is 4. The van der Waals surface area contributed by atoms with Crippen molar-refractivity contribution < 1.29 is 9.47 Å². The molecule has 0 aliphatic heterocycles. The molecule has 0 saturated carbocycles. The number of hydrogen-bond acceptors (Lipinski definition) is 6. The standard InChI is InChI=1S/C15H17N5O2/c1-20-9-17-12-13(20)18-15(16)19-14(12)22-8-11-5-3-10(4-6-11)7-21-2/h3-6,9H,7-8H2,1-2H3,(H2,16,18,19). The van der Waals surface area contributed by atoms with E-state index in [-0.39, 0.29) is 5.95 Å². The van der Waals surface area contributed by atoms with Gasteiger partial charge < -0.3 is 19.8 Å². The maximum absolute atomic E-state index is 5.76. The van der Waals surface area contributed by atoms with Crippen LogP contribution in [0.2, 0.25) is 0 Å². The van der Waals surface area contributed by atoms with Crippen LogP contribution in [0.3, 0.4) is 0 Å². The second-order valence-corrected chi connectivity index (χ2v) is 4.95. The van der Waals surface area contributed by atoms with E-state index in [2.05, 4.69) is 15.0 Å². The number of hydrogen-bond donors (Lipinski definition) is 1. The fourth-order valence-electron chi connectivity index (χ4n) is 2.15. The first-order valence-electron chi connectivity index (χ1n) is 6.81. The zero-order valence-electron chi connectivity index (χ0n) is 12.5. The van der Waals surface area contributed by atoms with E-state index in [1.54, 1.807) is 18.0 Å². The minimum absolute atomic E-state index is 0.168. The van der Waals surface area contributed by atoms with E-state index in [1.807, 2.05) is 31.3 Å². The third-order valence-corrected chi connectivity index (χ3v) is 3.25. The topological polar surface area (TPSA) is 88.1 Å². The molecule has 3 rings (SSSR count). The molecule has 0 spiro atoms. The third kappa shape index (κ3) is 2.84. The highest BCUT2D eigenvalue weighted by atomic mass is 16.5. The van der Waals surface area contributed by atoms with Gasteiger partial charge in [-0.3, -0.25) is 0 Å². The molecule has 0 bridgehead atoms. The molecule has 0 unspecified atom stereocenters. The molecule has 1 aromatic carbocycles. The van der Waals surface area contributed by atoms with Crippen LogP contribution in [-0.2, 0) is 25.0 Å². The first-order chi connectivity index (χ1) is 10.7. The van der Waals surface area contributed by atoms with Crippen LogP contribution in [0.25, 0.3) is 11.2 Å². The summed E-state index contributed by atoms with van der Waals surface area (Å²) in [5.74, 6) is 0.561. The summed E-state index contributed by atoms with van der Waals surface area (Å²) in [7, 11) is 3.52. The highest BCUT2D eigenvalue weighted by Gasteiger charge is 2.12. The van der Waals surface area contributed by atoms with Gasteiger partial charge in [0.25, 0.3) is 0 Å². The van der Waals surface area contributed by atoms with E-state index in [0.717, 1.165) is 11.1 Å². The van der Waals surface area contributed by atoms with Gasteiger partial charge in [-0.1, -0.05) is 24.3 Å². The lowest BCUT2D eigenvalue weighted by atomic mass is 10.1. The Morgan fingerprint density at radius 1 is 1.09 bits per heavy atom. The number of aryl methyl sites for hydroxylation is 1. The predicted molar refractivity (Wildman–Crippen MR) is 82.2 cm³/mol. The second-order valence-electron chi connectivity index (χ2n) is 4.95. The average Bonchev–Trinajstić information content (AvgIpc) is 2.88. The summed E-state index contributed by atoms with van der Waals surface area (Å²) in [6, 6.07) is 8.00. The van der Waals surface area contributed by atoms with Crippen molar-refractivity contribution in [2.75, 3.05) is 12.8 Å². The molecule has 2 heterocycles. The van der Waals surface area contributed by atoms with Gasteiger partial charge in [0.05, 0.1) is 12.9 Å². The molecule has 7 heteroatoms. The number of nitrogens with two attached hydrogens (primary N) is 1. The fourth-order valence-corrected chi connectivity index (χ4v) is 2.15. The zero-order chi connectivity index (χ0) is 15.5. The van der Waals surface area contributed by atoms with Gasteiger partial charge in [-0.2, -0.15) is 9.97 Å². The number of methoxy groups -OCH3 is 1. The van der Waals surface area contributed by atoms with E-state index in [9.17, 15) is 0 Å². The van der Waals surface area contributed by atoms with Crippen molar-refractivity contribution >= 4 is 17.1 Å². The Bertz CT molecular complexity index is 782. The summed E-state index contributed by atoms with van der Waals surface area (Å²) in [5.41, 5.74) is 9.12. The smallest absolute Gasteiger partial charge is 0.247 e. The summed E-state index contributed by atoms with van der Waals surface area (Å²) in [5, 5.41) is 0. The molecule has 7 nitrogen and oxygen atoms in total. The van der Waals surface area contributed by atoms with E-state index in [1.165, 1.54) is 0 Å². The second kappa shape index (κ2) is 5.98. The Morgan fingerprint density at radius 3 is 2.45 bits per heavy atom. The van der Waals surface area contributed by atoms with Crippen molar-refractivity contribution in [3.8, 4) is 5.88 Å². The molecular weight excluding hydrogens is 282 g/mol. The van der Waals surface area contributed by atoms with Crippen LogP contribution in [0.5, 0.6) is 5.88 Å². The van der Waals surface area contributed by atoms with Crippen molar-refractivity contribution in [2.45, 2.75) is 13.2 Å². The molecular formula is C15H17N5O2. The molecule has 3 aromatic rings. The third-order valence-electron chi connectivity index (χ3n) is 3.25.